The van der Waals surface area contributed by atoms with E-state index in [1.807, 2.05) is 7.05 Å². The zero-order valence-electron chi connectivity index (χ0n) is 11.2. The van der Waals surface area contributed by atoms with Crippen LogP contribution in [0.2, 0.25) is 5.02 Å². The second-order valence-corrected chi connectivity index (χ2v) is 4.96. The summed E-state index contributed by atoms with van der Waals surface area (Å²) in [5, 5.41) is 7.62. The van der Waals surface area contributed by atoms with Gasteiger partial charge in [0.2, 0.25) is 0 Å². The number of hydrogen-bond acceptors (Lipinski definition) is 5. The van der Waals surface area contributed by atoms with Gasteiger partial charge in [0, 0.05) is 26.2 Å². The van der Waals surface area contributed by atoms with Crippen LogP contribution in [0.5, 0.6) is 0 Å². The number of rotatable bonds is 5. The Morgan fingerprint density at radius 1 is 1.63 bits per heavy atom. The summed E-state index contributed by atoms with van der Waals surface area (Å²) in [5.41, 5.74) is 0.460. The Balaban J connectivity index is 2.19. The van der Waals surface area contributed by atoms with Gasteiger partial charge >= 0.3 is 0 Å². The number of nitrogens with zero attached hydrogens (tertiary/aromatic N) is 3. The Morgan fingerprint density at radius 2 is 2.42 bits per heavy atom. The third-order valence-corrected chi connectivity index (χ3v) is 3.77. The van der Waals surface area contributed by atoms with Crippen molar-refractivity contribution in [2.75, 3.05) is 38.8 Å². The van der Waals surface area contributed by atoms with E-state index in [0.717, 1.165) is 25.2 Å². The van der Waals surface area contributed by atoms with Gasteiger partial charge in [0.25, 0.3) is 5.56 Å². The molecule has 1 aromatic heterocycles. The minimum atomic E-state index is -0.260. The molecule has 2 rings (SSSR count). The summed E-state index contributed by atoms with van der Waals surface area (Å²) in [4.78, 5) is 14.2. The number of halogens is 1. The fourth-order valence-corrected chi connectivity index (χ4v) is 2.49. The summed E-state index contributed by atoms with van der Waals surface area (Å²) in [6, 6.07) is 0.437. The van der Waals surface area contributed by atoms with Gasteiger partial charge in [-0.3, -0.25) is 4.79 Å². The fourth-order valence-electron chi connectivity index (χ4n) is 2.23. The first-order valence-electron chi connectivity index (χ1n) is 6.34. The molecule has 1 saturated heterocycles. The zero-order valence-corrected chi connectivity index (χ0v) is 12.0. The molecule has 106 valence electrons. The van der Waals surface area contributed by atoms with Crippen molar-refractivity contribution in [3.05, 3.63) is 21.6 Å². The maximum absolute atomic E-state index is 12.1. The Hall–Kier alpha value is -1.11. The molecule has 1 aliphatic rings. The summed E-state index contributed by atoms with van der Waals surface area (Å²) in [6.45, 7) is 2.58. The highest BCUT2D eigenvalue weighted by atomic mass is 35.5. The van der Waals surface area contributed by atoms with Crippen molar-refractivity contribution in [2.45, 2.75) is 19.0 Å². The molecule has 0 aliphatic carbocycles. The molecule has 0 saturated carbocycles. The lowest BCUT2D eigenvalue weighted by Crippen LogP contribution is -2.32. The molecular weight excluding hydrogens is 268 g/mol. The van der Waals surface area contributed by atoms with Crippen molar-refractivity contribution in [1.82, 2.24) is 15.1 Å². The number of nitrogens with one attached hydrogen (secondary N) is 1. The zero-order chi connectivity index (χ0) is 13.8. The first kappa shape index (κ1) is 14.3. The highest BCUT2D eigenvalue weighted by Gasteiger charge is 2.24. The second kappa shape index (κ2) is 6.36. The topological polar surface area (TPSA) is 59.4 Å². The van der Waals surface area contributed by atoms with Crippen LogP contribution in [0.4, 0.5) is 5.69 Å². The number of ether oxygens (including phenoxy) is 1. The van der Waals surface area contributed by atoms with Gasteiger partial charge in [0.05, 0.1) is 25.0 Å². The molecule has 1 atom stereocenters. The molecule has 1 aliphatic heterocycles. The Bertz CT molecular complexity index is 491. The number of hydrogen-bond donors (Lipinski definition) is 1. The average Bonchev–Trinajstić information content (AvgIpc) is 2.89. The predicted octanol–water partition coefficient (Wildman–Crippen LogP) is 0.341. The maximum Gasteiger partial charge on any atom is 0.287 e. The number of methoxy groups -OCH3 is 1. The molecule has 19 heavy (non-hydrogen) atoms. The minimum Gasteiger partial charge on any atom is -0.383 e. The Labute approximate surface area is 117 Å². The van der Waals surface area contributed by atoms with E-state index in [2.05, 4.69) is 15.3 Å². The van der Waals surface area contributed by atoms with Gasteiger partial charge in [-0.05, 0) is 13.5 Å². The highest BCUT2D eigenvalue weighted by Crippen LogP contribution is 2.24. The average molecular weight is 287 g/mol. The van der Waals surface area contributed by atoms with E-state index in [9.17, 15) is 4.79 Å². The van der Waals surface area contributed by atoms with Crippen LogP contribution in [-0.4, -0.2) is 49.7 Å². The molecule has 6 nitrogen and oxygen atoms in total. The van der Waals surface area contributed by atoms with Gasteiger partial charge in [-0.1, -0.05) is 11.6 Å². The lowest BCUT2D eigenvalue weighted by molar-refractivity contribution is 0.182. The van der Waals surface area contributed by atoms with Crippen LogP contribution < -0.4 is 15.8 Å². The van der Waals surface area contributed by atoms with E-state index in [1.165, 1.54) is 4.68 Å². The van der Waals surface area contributed by atoms with Crippen LogP contribution >= 0.6 is 11.6 Å². The smallest absolute Gasteiger partial charge is 0.287 e. The standard InChI is InChI=1S/C12H19ClN4O2/c1-14-9-3-4-16(8-9)10-7-15-17(5-6-19-2)12(18)11(10)13/h7,9,14H,3-6,8H2,1-2H3. The van der Waals surface area contributed by atoms with Crippen LogP contribution in [0.25, 0.3) is 0 Å². The van der Waals surface area contributed by atoms with Crippen molar-refractivity contribution >= 4 is 17.3 Å². The van der Waals surface area contributed by atoms with Crippen LogP contribution in [0.15, 0.2) is 11.0 Å². The van der Waals surface area contributed by atoms with Crippen LogP contribution in [0.1, 0.15) is 6.42 Å². The largest absolute Gasteiger partial charge is 0.383 e. The lowest BCUT2D eigenvalue weighted by Gasteiger charge is -2.19. The summed E-state index contributed by atoms with van der Waals surface area (Å²) < 4.78 is 6.27. The number of aromatic nitrogens is 2. The Morgan fingerprint density at radius 3 is 3.05 bits per heavy atom. The van der Waals surface area contributed by atoms with Crippen molar-refractivity contribution in [3.8, 4) is 0 Å². The molecule has 0 radical (unpaired) electrons. The summed E-state index contributed by atoms with van der Waals surface area (Å²) in [7, 11) is 3.53. The van der Waals surface area contributed by atoms with Crippen molar-refractivity contribution in [2.24, 2.45) is 0 Å². The molecule has 0 aromatic carbocycles. The molecule has 0 amide bonds. The highest BCUT2D eigenvalue weighted by molar-refractivity contribution is 6.33. The normalized spacial score (nSPS) is 19.1. The van der Waals surface area contributed by atoms with Crippen LogP contribution in [0, 0.1) is 0 Å². The predicted molar refractivity (Wildman–Crippen MR) is 75.1 cm³/mol. The first-order valence-corrected chi connectivity index (χ1v) is 6.72. The third-order valence-electron chi connectivity index (χ3n) is 3.41. The molecule has 1 N–H and O–H groups in total. The van der Waals surface area contributed by atoms with E-state index in [1.54, 1.807) is 13.3 Å². The minimum absolute atomic E-state index is 0.239. The van der Waals surface area contributed by atoms with Gasteiger partial charge in [-0.25, -0.2) is 4.68 Å². The second-order valence-electron chi connectivity index (χ2n) is 4.59. The number of anilines is 1. The van der Waals surface area contributed by atoms with E-state index in [-0.39, 0.29) is 10.6 Å². The molecule has 1 fully saturated rings. The molecule has 1 unspecified atom stereocenters. The molecule has 1 aromatic rings. The number of likely N-dealkylation sites (N-methyl/N-ethyl adjacent to an activating group) is 1. The summed E-state index contributed by atoms with van der Waals surface area (Å²) in [5.74, 6) is 0. The molecule has 7 heteroatoms. The third kappa shape index (κ3) is 3.08. The first-order chi connectivity index (χ1) is 9.17. The van der Waals surface area contributed by atoms with Crippen molar-refractivity contribution < 1.29 is 4.74 Å². The lowest BCUT2D eigenvalue weighted by atomic mass is 10.3. The monoisotopic (exact) mass is 286 g/mol. The molecule has 2 heterocycles. The van der Waals surface area contributed by atoms with E-state index in [4.69, 9.17) is 16.3 Å². The van der Waals surface area contributed by atoms with Crippen LogP contribution in [0.3, 0.4) is 0 Å². The van der Waals surface area contributed by atoms with Gasteiger partial charge < -0.3 is 15.0 Å². The fraction of sp³-hybridized carbons (Fsp3) is 0.667. The Kier molecular flexibility index (Phi) is 4.79. The van der Waals surface area contributed by atoms with Crippen LogP contribution in [-0.2, 0) is 11.3 Å². The van der Waals surface area contributed by atoms with Gasteiger partial charge in [0.1, 0.15) is 5.02 Å². The molecule has 0 bridgehead atoms. The van der Waals surface area contributed by atoms with Crippen molar-refractivity contribution in [3.63, 3.8) is 0 Å². The summed E-state index contributed by atoms with van der Waals surface area (Å²) in [6.07, 6.45) is 2.71. The van der Waals surface area contributed by atoms with E-state index < -0.39 is 0 Å². The van der Waals surface area contributed by atoms with E-state index in [0.29, 0.717) is 19.2 Å². The summed E-state index contributed by atoms with van der Waals surface area (Å²) >= 11 is 6.17. The van der Waals surface area contributed by atoms with Crippen molar-refractivity contribution in [1.29, 1.82) is 0 Å². The van der Waals surface area contributed by atoms with Gasteiger partial charge in [0.15, 0.2) is 0 Å². The maximum atomic E-state index is 12.1. The molecular formula is C12H19ClN4O2. The van der Waals surface area contributed by atoms with Gasteiger partial charge in [-0.15, -0.1) is 0 Å². The molecule has 0 spiro atoms. The SMILES string of the molecule is CNC1CCN(c2cnn(CCOC)c(=O)c2Cl)C1. The van der Waals surface area contributed by atoms with E-state index >= 15 is 0 Å². The van der Waals surface area contributed by atoms with Gasteiger partial charge in [-0.2, -0.15) is 5.10 Å². The quantitative estimate of drug-likeness (QED) is 0.846.